The van der Waals surface area contributed by atoms with Crippen LogP contribution in [0.2, 0.25) is 5.02 Å². The maximum absolute atomic E-state index is 12.7. The van der Waals surface area contributed by atoms with Crippen molar-refractivity contribution in [1.82, 2.24) is 10.5 Å². The maximum Gasteiger partial charge on any atom is 0.218 e. The lowest BCUT2D eigenvalue weighted by Gasteiger charge is -2.44. The van der Waals surface area contributed by atoms with Gasteiger partial charge >= 0.3 is 0 Å². The Kier molecular flexibility index (Phi) is 3.87. The summed E-state index contributed by atoms with van der Waals surface area (Å²) in [5.41, 5.74) is 3.55. The third-order valence-electron chi connectivity index (χ3n) is 5.04. The molecule has 137 valence electrons. The van der Waals surface area contributed by atoms with E-state index in [1.165, 1.54) is 11.3 Å². The highest BCUT2D eigenvalue weighted by atomic mass is 35.5. The summed E-state index contributed by atoms with van der Waals surface area (Å²) < 4.78 is 6.27. The lowest BCUT2D eigenvalue weighted by Crippen LogP contribution is -2.51. The molecule has 5 rings (SSSR count). The van der Waals surface area contributed by atoms with Crippen molar-refractivity contribution in [1.29, 1.82) is 0 Å². The Balaban J connectivity index is 1.32. The number of rotatable bonds is 2. The van der Waals surface area contributed by atoms with E-state index in [-0.39, 0.29) is 5.78 Å². The predicted molar refractivity (Wildman–Crippen MR) is 101 cm³/mol. The number of ketones is 1. The Hall–Kier alpha value is -2.52. The van der Waals surface area contributed by atoms with Gasteiger partial charge in [0.15, 0.2) is 10.9 Å². The third kappa shape index (κ3) is 2.87. The molecule has 1 radical (unpaired) electrons. The van der Waals surface area contributed by atoms with E-state index in [4.69, 9.17) is 16.3 Å². The first-order valence-electron chi connectivity index (χ1n) is 8.54. The van der Waals surface area contributed by atoms with Crippen molar-refractivity contribution in [2.75, 3.05) is 18.0 Å². The number of carbonyl (C=O) groups excluding carboxylic acids is 1. The molecule has 1 saturated heterocycles. The monoisotopic (exact) mass is 401 g/mol. The van der Waals surface area contributed by atoms with Crippen molar-refractivity contribution >= 4 is 39.7 Å². The van der Waals surface area contributed by atoms with Gasteiger partial charge in [0.1, 0.15) is 11.4 Å². The molecule has 0 N–H and O–H groups in total. The molecule has 3 aliphatic rings. The highest BCUT2D eigenvalue weighted by molar-refractivity contribution is 7.17. The number of nitrogens with zero attached hydrogens (tertiary/aromatic N) is 6. The Morgan fingerprint density at radius 1 is 1.26 bits per heavy atom. The first kappa shape index (κ1) is 16.6. The molecule has 0 unspecified atom stereocenters. The van der Waals surface area contributed by atoms with Gasteiger partial charge in [-0.15, -0.1) is 10.2 Å². The molecule has 2 aromatic rings. The number of hydrogen-bond donors (Lipinski definition) is 0. The Labute approximate surface area is 163 Å². The number of aromatic nitrogens is 1. The van der Waals surface area contributed by atoms with E-state index < -0.39 is 5.60 Å². The molecular formula is C17H14ClN6O2S. The summed E-state index contributed by atoms with van der Waals surface area (Å²) in [5, 5.41) is 12.6. The van der Waals surface area contributed by atoms with Gasteiger partial charge in [0.05, 0.1) is 28.1 Å². The fraction of sp³-hybridized carbons (Fsp3) is 0.353. The molecule has 3 aliphatic heterocycles. The van der Waals surface area contributed by atoms with E-state index in [0.29, 0.717) is 28.6 Å². The lowest BCUT2D eigenvalue weighted by atomic mass is 9.82. The van der Waals surface area contributed by atoms with E-state index in [0.717, 1.165) is 35.9 Å². The highest BCUT2D eigenvalue weighted by Crippen LogP contribution is 2.42. The van der Waals surface area contributed by atoms with Gasteiger partial charge in [-0.1, -0.05) is 29.0 Å². The Bertz CT molecular complexity index is 980. The van der Waals surface area contributed by atoms with Gasteiger partial charge in [0.25, 0.3) is 0 Å². The van der Waals surface area contributed by atoms with Crippen LogP contribution in [0.3, 0.4) is 0 Å². The molecule has 0 saturated carbocycles. The molecule has 8 nitrogen and oxygen atoms in total. The standard InChI is InChI=1S/C17H14ClN6O2S/c18-10-2-1-3-12-14(10)11(25)8-17(26-12)4-6-24(7-5-17)16-19-9-13(27-16)15-20-22-23-21-15/h1-3,9H,4-8H2. The minimum Gasteiger partial charge on any atom is -0.486 e. The molecule has 27 heavy (non-hydrogen) atoms. The average Bonchev–Trinajstić information content (AvgIpc) is 3.34. The summed E-state index contributed by atoms with van der Waals surface area (Å²) >= 11 is 7.69. The number of Topliss-reactive ketones (excluding diaryl/α,β-unsaturated/α-hetero) is 1. The fourth-order valence-electron chi connectivity index (χ4n) is 3.65. The van der Waals surface area contributed by atoms with Crippen LogP contribution >= 0.6 is 22.9 Å². The van der Waals surface area contributed by atoms with Gasteiger partial charge in [-0.25, -0.2) is 4.98 Å². The quantitative estimate of drug-likeness (QED) is 0.770. The lowest BCUT2D eigenvalue weighted by molar-refractivity contribution is 0.0232. The molecule has 0 aliphatic carbocycles. The molecule has 1 spiro atoms. The van der Waals surface area contributed by atoms with Crippen LogP contribution in [0.5, 0.6) is 5.75 Å². The van der Waals surface area contributed by atoms with Crippen molar-refractivity contribution in [3.05, 3.63) is 39.9 Å². The second kappa shape index (κ2) is 6.28. The number of carbonyl (C=O) groups is 1. The molecule has 0 atom stereocenters. The van der Waals surface area contributed by atoms with Crippen LogP contribution in [0.25, 0.3) is 0 Å². The van der Waals surface area contributed by atoms with E-state index in [2.05, 4.69) is 30.9 Å². The topological polar surface area (TPSA) is 93.6 Å². The zero-order valence-electron chi connectivity index (χ0n) is 14.1. The average molecular weight is 402 g/mol. The summed E-state index contributed by atoms with van der Waals surface area (Å²) in [4.78, 5) is 20.2. The zero-order chi connectivity index (χ0) is 18.4. The number of ether oxygens (including phenoxy) is 1. The van der Waals surface area contributed by atoms with Crippen molar-refractivity contribution in [3.8, 4) is 5.75 Å². The van der Waals surface area contributed by atoms with Crippen LogP contribution in [0, 0.1) is 0 Å². The van der Waals surface area contributed by atoms with Crippen LogP contribution in [0.1, 0.15) is 34.5 Å². The molecule has 0 amide bonds. The zero-order valence-corrected chi connectivity index (χ0v) is 15.7. The van der Waals surface area contributed by atoms with Crippen molar-refractivity contribution < 1.29 is 9.53 Å². The summed E-state index contributed by atoms with van der Waals surface area (Å²) in [5.74, 6) is 1.14. The van der Waals surface area contributed by atoms with Crippen molar-refractivity contribution in [2.45, 2.75) is 24.9 Å². The van der Waals surface area contributed by atoms with E-state index in [9.17, 15) is 4.79 Å². The van der Waals surface area contributed by atoms with Crippen molar-refractivity contribution in [2.24, 2.45) is 15.4 Å². The SMILES string of the molecule is O=C1CC2(CCN(c3ncc(C4=N[N]N=N4)s3)CC2)Oc2cccc(Cl)c21. The van der Waals surface area contributed by atoms with Gasteiger partial charge in [-0.05, 0) is 22.9 Å². The predicted octanol–water partition coefficient (Wildman–Crippen LogP) is 3.45. The van der Waals surface area contributed by atoms with Gasteiger partial charge in [0.2, 0.25) is 5.84 Å². The Morgan fingerprint density at radius 3 is 2.89 bits per heavy atom. The molecular weight excluding hydrogens is 388 g/mol. The minimum absolute atomic E-state index is 0.0557. The minimum atomic E-state index is -0.464. The van der Waals surface area contributed by atoms with Crippen molar-refractivity contribution in [3.63, 3.8) is 0 Å². The van der Waals surface area contributed by atoms with Gasteiger partial charge < -0.3 is 9.64 Å². The molecule has 1 fully saturated rings. The maximum atomic E-state index is 12.7. The highest BCUT2D eigenvalue weighted by Gasteiger charge is 2.44. The first-order chi connectivity index (χ1) is 13.1. The van der Waals surface area contributed by atoms with Crippen LogP contribution in [-0.2, 0) is 0 Å². The molecule has 10 heteroatoms. The van der Waals surface area contributed by atoms with E-state index in [1.807, 2.05) is 12.1 Å². The summed E-state index contributed by atoms with van der Waals surface area (Å²) in [6.07, 6.45) is 3.59. The smallest absolute Gasteiger partial charge is 0.218 e. The van der Waals surface area contributed by atoms with Crippen LogP contribution in [0.4, 0.5) is 5.13 Å². The number of hydrogen-bond acceptors (Lipinski definition) is 8. The van der Waals surface area contributed by atoms with Gasteiger partial charge in [-0.2, -0.15) is 0 Å². The summed E-state index contributed by atoms with van der Waals surface area (Å²) in [6.45, 7) is 1.52. The summed E-state index contributed by atoms with van der Waals surface area (Å²) in [6, 6.07) is 5.36. The largest absolute Gasteiger partial charge is 0.486 e. The molecule has 4 heterocycles. The Morgan fingerprint density at radius 2 is 2.11 bits per heavy atom. The number of benzene rings is 1. The number of halogens is 1. The second-order valence-electron chi connectivity index (χ2n) is 6.69. The van der Waals surface area contributed by atoms with E-state index >= 15 is 0 Å². The van der Waals surface area contributed by atoms with Crippen LogP contribution in [-0.4, -0.2) is 35.3 Å². The number of thiazole rings is 1. The third-order valence-corrected chi connectivity index (χ3v) is 6.41. The molecule has 1 aromatic heterocycles. The molecule has 1 aromatic carbocycles. The normalized spacial score (nSPS) is 20.3. The number of amidine groups is 1. The number of piperidine rings is 1. The number of anilines is 1. The summed E-state index contributed by atoms with van der Waals surface area (Å²) in [7, 11) is 0. The second-order valence-corrected chi connectivity index (χ2v) is 8.11. The number of fused-ring (bicyclic) bond motifs is 1. The van der Waals surface area contributed by atoms with Crippen LogP contribution < -0.4 is 15.2 Å². The van der Waals surface area contributed by atoms with Crippen LogP contribution in [0.15, 0.2) is 39.8 Å². The first-order valence-corrected chi connectivity index (χ1v) is 9.74. The fourth-order valence-corrected chi connectivity index (χ4v) is 4.82. The van der Waals surface area contributed by atoms with Gasteiger partial charge in [0, 0.05) is 25.9 Å². The van der Waals surface area contributed by atoms with Gasteiger partial charge in [-0.3, -0.25) is 4.79 Å². The van der Waals surface area contributed by atoms with E-state index in [1.54, 1.807) is 12.3 Å². The molecule has 0 bridgehead atoms.